The Kier molecular flexibility index (Phi) is 4.52. The van der Waals surface area contributed by atoms with Crippen molar-refractivity contribution in [3.8, 4) is 0 Å². The molecule has 0 aliphatic heterocycles. The van der Waals surface area contributed by atoms with E-state index in [1.54, 1.807) is 6.20 Å². The molecule has 0 spiro atoms. The van der Waals surface area contributed by atoms with E-state index >= 15 is 0 Å². The van der Waals surface area contributed by atoms with Crippen LogP contribution in [0.4, 0.5) is 0 Å². The molecule has 1 amide bonds. The molecule has 2 N–H and O–H groups in total. The van der Waals surface area contributed by atoms with Gasteiger partial charge in [-0.1, -0.05) is 13.8 Å². The molecule has 1 heterocycles. The van der Waals surface area contributed by atoms with Gasteiger partial charge in [0.1, 0.15) is 0 Å². The minimum Gasteiger partial charge on any atom is -0.351 e. The van der Waals surface area contributed by atoms with Crippen molar-refractivity contribution < 1.29 is 4.79 Å². The molecule has 0 saturated heterocycles. The summed E-state index contributed by atoms with van der Waals surface area (Å²) in [6.45, 7) is 7.81. The third-order valence-electron chi connectivity index (χ3n) is 3.31. The Morgan fingerprint density at radius 1 is 1.37 bits per heavy atom. The van der Waals surface area contributed by atoms with E-state index in [2.05, 4.69) is 34.3 Å². The van der Waals surface area contributed by atoms with Crippen molar-refractivity contribution in [3.05, 3.63) is 30.0 Å². The molecule has 0 saturated carbocycles. The van der Waals surface area contributed by atoms with Crippen LogP contribution in [-0.2, 0) is 0 Å². The molecule has 0 fully saturated rings. The lowest BCUT2D eigenvalue weighted by molar-refractivity contribution is 0.0949. The van der Waals surface area contributed by atoms with Gasteiger partial charge in [-0.15, -0.1) is 0 Å². The summed E-state index contributed by atoms with van der Waals surface area (Å²) in [6.07, 6.45) is 1.72. The Balaban J connectivity index is 1.92. The molecular formula is C14H20N4O. The van der Waals surface area contributed by atoms with Crippen molar-refractivity contribution in [1.29, 1.82) is 0 Å². The highest BCUT2D eigenvalue weighted by Gasteiger charge is 2.07. The molecule has 2 aromatic rings. The van der Waals surface area contributed by atoms with Crippen molar-refractivity contribution in [2.24, 2.45) is 0 Å². The van der Waals surface area contributed by atoms with E-state index in [1.807, 2.05) is 18.2 Å². The molecule has 19 heavy (non-hydrogen) atoms. The molecular weight excluding hydrogens is 240 g/mol. The van der Waals surface area contributed by atoms with Crippen LogP contribution in [0.25, 0.3) is 10.9 Å². The van der Waals surface area contributed by atoms with E-state index in [4.69, 9.17) is 0 Å². The number of nitrogens with one attached hydrogen (secondary N) is 2. The third kappa shape index (κ3) is 3.32. The van der Waals surface area contributed by atoms with Crippen LogP contribution >= 0.6 is 0 Å². The van der Waals surface area contributed by atoms with Crippen LogP contribution in [0, 0.1) is 0 Å². The Bertz CT molecular complexity index is 545. The highest BCUT2D eigenvalue weighted by Crippen LogP contribution is 2.12. The lowest BCUT2D eigenvalue weighted by Gasteiger charge is -2.17. The van der Waals surface area contributed by atoms with Crippen LogP contribution < -0.4 is 5.32 Å². The number of aromatic amines is 1. The smallest absolute Gasteiger partial charge is 0.251 e. The van der Waals surface area contributed by atoms with E-state index in [9.17, 15) is 4.79 Å². The molecule has 0 radical (unpaired) electrons. The van der Waals surface area contributed by atoms with Crippen LogP contribution in [0.5, 0.6) is 0 Å². The zero-order valence-electron chi connectivity index (χ0n) is 11.4. The first-order valence-corrected chi connectivity index (χ1v) is 6.68. The van der Waals surface area contributed by atoms with Crippen molar-refractivity contribution in [2.75, 3.05) is 26.2 Å². The van der Waals surface area contributed by atoms with Gasteiger partial charge in [0, 0.05) is 24.0 Å². The van der Waals surface area contributed by atoms with Crippen LogP contribution in [0.2, 0.25) is 0 Å². The van der Waals surface area contributed by atoms with Gasteiger partial charge in [0.25, 0.3) is 5.91 Å². The number of aromatic nitrogens is 2. The molecule has 2 rings (SSSR count). The number of carbonyl (C=O) groups excluding carboxylic acids is 1. The predicted octanol–water partition coefficient (Wildman–Crippen LogP) is 1.63. The number of H-pyrrole nitrogens is 1. The zero-order chi connectivity index (χ0) is 13.7. The molecule has 5 heteroatoms. The number of amides is 1. The van der Waals surface area contributed by atoms with Crippen LogP contribution in [-0.4, -0.2) is 47.2 Å². The summed E-state index contributed by atoms with van der Waals surface area (Å²) in [7, 11) is 0. The summed E-state index contributed by atoms with van der Waals surface area (Å²) in [5, 5.41) is 10.7. The molecule has 1 aromatic heterocycles. The van der Waals surface area contributed by atoms with E-state index in [0.29, 0.717) is 12.1 Å². The van der Waals surface area contributed by atoms with Gasteiger partial charge in [-0.3, -0.25) is 9.89 Å². The first-order valence-electron chi connectivity index (χ1n) is 6.68. The number of nitrogens with zero attached hydrogens (tertiary/aromatic N) is 2. The van der Waals surface area contributed by atoms with Gasteiger partial charge in [0.2, 0.25) is 0 Å². The van der Waals surface area contributed by atoms with E-state index in [0.717, 1.165) is 30.5 Å². The van der Waals surface area contributed by atoms with Gasteiger partial charge in [-0.2, -0.15) is 5.10 Å². The SMILES string of the molecule is CCN(CC)CCNC(=O)c1ccc2[nH]ncc2c1. The van der Waals surface area contributed by atoms with Crippen LogP contribution in [0.15, 0.2) is 24.4 Å². The summed E-state index contributed by atoms with van der Waals surface area (Å²) in [6, 6.07) is 5.54. The fourth-order valence-corrected chi connectivity index (χ4v) is 2.05. The molecule has 0 unspecified atom stereocenters. The number of fused-ring (bicyclic) bond motifs is 1. The molecule has 5 nitrogen and oxygen atoms in total. The maximum absolute atomic E-state index is 12.0. The lowest BCUT2D eigenvalue weighted by atomic mass is 10.1. The number of hydrogen-bond donors (Lipinski definition) is 2. The minimum absolute atomic E-state index is 0.0322. The summed E-state index contributed by atoms with van der Waals surface area (Å²) >= 11 is 0. The van der Waals surface area contributed by atoms with Crippen LogP contribution in [0.3, 0.4) is 0 Å². The largest absolute Gasteiger partial charge is 0.351 e. The van der Waals surface area contributed by atoms with Crippen molar-refractivity contribution >= 4 is 16.8 Å². The quantitative estimate of drug-likeness (QED) is 0.830. The standard InChI is InChI=1S/C14H20N4O/c1-3-18(4-2)8-7-15-14(19)11-5-6-13-12(9-11)10-16-17-13/h5-6,9-10H,3-4,7-8H2,1-2H3,(H,15,19)(H,16,17). The van der Waals surface area contributed by atoms with E-state index in [-0.39, 0.29) is 5.91 Å². The van der Waals surface area contributed by atoms with Gasteiger partial charge in [-0.25, -0.2) is 0 Å². The first-order chi connectivity index (χ1) is 9.24. The second-order valence-corrected chi connectivity index (χ2v) is 4.45. The van der Waals surface area contributed by atoms with Crippen molar-refractivity contribution in [2.45, 2.75) is 13.8 Å². The Morgan fingerprint density at radius 2 is 2.16 bits per heavy atom. The zero-order valence-corrected chi connectivity index (χ0v) is 11.4. The summed E-state index contributed by atoms with van der Waals surface area (Å²) < 4.78 is 0. The maximum atomic E-state index is 12.0. The summed E-state index contributed by atoms with van der Waals surface area (Å²) in [4.78, 5) is 14.3. The normalized spacial score (nSPS) is 11.1. The topological polar surface area (TPSA) is 61.0 Å². The average Bonchev–Trinajstić information content (AvgIpc) is 2.90. The number of carbonyl (C=O) groups is 1. The second-order valence-electron chi connectivity index (χ2n) is 4.45. The van der Waals surface area contributed by atoms with E-state index in [1.165, 1.54) is 0 Å². The monoisotopic (exact) mass is 260 g/mol. The minimum atomic E-state index is -0.0322. The lowest BCUT2D eigenvalue weighted by Crippen LogP contribution is -2.34. The molecule has 0 aliphatic rings. The molecule has 0 aliphatic carbocycles. The average molecular weight is 260 g/mol. The number of rotatable bonds is 6. The van der Waals surface area contributed by atoms with Crippen LogP contribution in [0.1, 0.15) is 24.2 Å². The van der Waals surface area contributed by atoms with Gasteiger partial charge < -0.3 is 10.2 Å². The first kappa shape index (κ1) is 13.5. The van der Waals surface area contributed by atoms with Gasteiger partial charge in [0.05, 0.1) is 11.7 Å². The van der Waals surface area contributed by atoms with E-state index < -0.39 is 0 Å². The third-order valence-corrected chi connectivity index (χ3v) is 3.31. The Hall–Kier alpha value is -1.88. The Labute approximate surface area is 113 Å². The number of benzene rings is 1. The molecule has 1 aromatic carbocycles. The summed E-state index contributed by atoms with van der Waals surface area (Å²) in [5.74, 6) is -0.0322. The molecule has 0 bridgehead atoms. The number of hydrogen-bond acceptors (Lipinski definition) is 3. The summed E-state index contributed by atoms with van der Waals surface area (Å²) in [5.41, 5.74) is 1.62. The molecule has 0 atom stereocenters. The molecule has 102 valence electrons. The van der Waals surface area contributed by atoms with Gasteiger partial charge in [0.15, 0.2) is 0 Å². The highest BCUT2D eigenvalue weighted by molar-refractivity contribution is 5.97. The van der Waals surface area contributed by atoms with Crippen molar-refractivity contribution in [3.63, 3.8) is 0 Å². The van der Waals surface area contributed by atoms with Gasteiger partial charge in [-0.05, 0) is 31.3 Å². The fourth-order valence-electron chi connectivity index (χ4n) is 2.05. The maximum Gasteiger partial charge on any atom is 0.251 e. The number of likely N-dealkylation sites (N-methyl/N-ethyl adjacent to an activating group) is 1. The van der Waals surface area contributed by atoms with Gasteiger partial charge >= 0.3 is 0 Å². The predicted molar refractivity (Wildman–Crippen MR) is 76.2 cm³/mol. The second kappa shape index (κ2) is 6.33. The Morgan fingerprint density at radius 3 is 2.89 bits per heavy atom. The fraction of sp³-hybridized carbons (Fsp3) is 0.429. The highest BCUT2D eigenvalue weighted by atomic mass is 16.1. The van der Waals surface area contributed by atoms with Crippen molar-refractivity contribution in [1.82, 2.24) is 20.4 Å².